The zero-order valence-corrected chi connectivity index (χ0v) is 29.0. The van der Waals surface area contributed by atoms with Crippen molar-refractivity contribution >= 4 is 25.7 Å². The number of allylic oxidation sites excluding steroid dienone is 6. The average molecular weight is 674 g/mol. The largest absolute Gasteiger partial charge is 0.480 e. The van der Waals surface area contributed by atoms with Crippen LogP contribution in [0.15, 0.2) is 36.5 Å². The summed E-state index contributed by atoms with van der Waals surface area (Å²) >= 11 is 0. The van der Waals surface area contributed by atoms with Crippen molar-refractivity contribution in [3.8, 4) is 0 Å². The van der Waals surface area contributed by atoms with Gasteiger partial charge in [-0.2, -0.15) is 0 Å². The van der Waals surface area contributed by atoms with Crippen molar-refractivity contribution in [2.75, 3.05) is 19.8 Å². The number of aliphatic hydroxyl groups excluding tert-OH is 1. The van der Waals surface area contributed by atoms with Gasteiger partial charge in [-0.3, -0.25) is 18.6 Å². The third-order valence-corrected chi connectivity index (χ3v) is 7.89. The molecule has 0 heterocycles. The van der Waals surface area contributed by atoms with Crippen LogP contribution >= 0.6 is 7.82 Å². The molecular weight excluding hydrogens is 613 g/mol. The highest BCUT2D eigenvalue weighted by atomic mass is 31.2. The van der Waals surface area contributed by atoms with Gasteiger partial charge in [-0.1, -0.05) is 108 Å². The molecule has 0 aromatic heterocycles. The molecule has 0 fully saturated rings. The molecule has 3 atom stereocenters. The van der Waals surface area contributed by atoms with Gasteiger partial charge in [-0.05, 0) is 44.9 Å². The number of unbranched alkanes of at least 4 members (excludes halogenated alkanes) is 11. The number of hydrogen-bond donors (Lipinski definition) is 4. The first-order valence-corrected chi connectivity index (χ1v) is 18.5. The van der Waals surface area contributed by atoms with Crippen LogP contribution in [0.1, 0.15) is 129 Å². The highest BCUT2D eigenvalue weighted by Crippen LogP contribution is 2.43. The first kappa shape index (κ1) is 43.7. The van der Waals surface area contributed by atoms with Crippen molar-refractivity contribution in [1.82, 2.24) is 5.32 Å². The maximum Gasteiger partial charge on any atom is 0.472 e. The van der Waals surface area contributed by atoms with Crippen molar-refractivity contribution in [3.05, 3.63) is 36.5 Å². The number of aliphatic carboxylic acids is 1. The second kappa shape index (κ2) is 30.1. The molecule has 0 bridgehead atoms. The molecule has 0 aromatic carbocycles. The lowest BCUT2D eigenvalue weighted by atomic mass is 10.1. The normalized spacial score (nSPS) is 14.5. The van der Waals surface area contributed by atoms with Crippen molar-refractivity contribution < 1.29 is 47.8 Å². The fraction of sp³-hybridized carbons (Fsp3) is 0.735. The van der Waals surface area contributed by atoms with E-state index in [0.29, 0.717) is 12.8 Å². The minimum absolute atomic E-state index is 0.143. The number of esters is 1. The number of carbonyl (C=O) groups excluding carboxylic acids is 2. The van der Waals surface area contributed by atoms with Crippen LogP contribution in [-0.2, 0) is 32.7 Å². The Bertz CT molecular complexity index is 937. The summed E-state index contributed by atoms with van der Waals surface area (Å²) in [7, 11) is -4.74. The number of amides is 1. The fourth-order valence-electron chi connectivity index (χ4n) is 4.27. The van der Waals surface area contributed by atoms with Crippen LogP contribution in [-0.4, -0.2) is 64.9 Å². The summed E-state index contributed by atoms with van der Waals surface area (Å²) in [4.78, 5) is 45.3. The molecule has 1 amide bonds. The minimum Gasteiger partial charge on any atom is -0.480 e. The predicted octanol–water partition coefficient (Wildman–Crippen LogP) is 7.32. The van der Waals surface area contributed by atoms with Crippen molar-refractivity contribution in [1.29, 1.82) is 0 Å². The van der Waals surface area contributed by atoms with Crippen LogP contribution in [0.4, 0.5) is 0 Å². The molecule has 266 valence electrons. The molecule has 0 aliphatic heterocycles. The number of ether oxygens (including phenoxy) is 1. The van der Waals surface area contributed by atoms with E-state index in [2.05, 4.69) is 55.6 Å². The van der Waals surface area contributed by atoms with Gasteiger partial charge in [-0.25, -0.2) is 9.36 Å². The summed E-state index contributed by atoms with van der Waals surface area (Å²) in [5.41, 5.74) is 0. The molecule has 0 aliphatic rings. The van der Waals surface area contributed by atoms with Crippen LogP contribution in [0.25, 0.3) is 0 Å². The Hall–Kier alpha value is -2.30. The van der Waals surface area contributed by atoms with Crippen molar-refractivity contribution in [2.45, 2.75) is 142 Å². The number of rotatable bonds is 31. The summed E-state index contributed by atoms with van der Waals surface area (Å²) in [6.07, 6.45) is 27.8. The first-order chi connectivity index (χ1) is 22.1. The zero-order valence-electron chi connectivity index (χ0n) is 28.1. The molecule has 3 unspecified atom stereocenters. The predicted molar refractivity (Wildman–Crippen MR) is 180 cm³/mol. The lowest BCUT2D eigenvalue weighted by molar-refractivity contribution is -0.147. The SMILES string of the molecule is CC/C=C\C/C=C\C/C=C\CCCCCCCC(=O)OCC(O)COP(=O)(O)OCC(NC(=O)CCCCCCCCC)C(=O)O. The number of carboxylic acids is 1. The van der Waals surface area contributed by atoms with Gasteiger partial charge < -0.3 is 25.2 Å². The number of phosphoric acid groups is 1. The Morgan fingerprint density at radius 3 is 1.89 bits per heavy atom. The first-order valence-electron chi connectivity index (χ1n) is 17.0. The molecule has 46 heavy (non-hydrogen) atoms. The summed E-state index contributed by atoms with van der Waals surface area (Å²) in [5, 5.41) is 21.6. The Morgan fingerprint density at radius 2 is 1.26 bits per heavy atom. The molecular formula is C34H60NO10P. The molecule has 11 nitrogen and oxygen atoms in total. The number of carboxylic acid groups (broad SMARTS) is 1. The summed E-state index contributed by atoms with van der Waals surface area (Å²) in [6, 6.07) is -1.54. The van der Waals surface area contributed by atoms with E-state index in [1.54, 1.807) is 0 Å². The van der Waals surface area contributed by atoms with E-state index in [4.69, 9.17) is 13.8 Å². The van der Waals surface area contributed by atoms with E-state index in [9.17, 15) is 34.1 Å². The van der Waals surface area contributed by atoms with Gasteiger partial charge in [-0.15, -0.1) is 0 Å². The van der Waals surface area contributed by atoms with E-state index >= 15 is 0 Å². The van der Waals surface area contributed by atoms with Crippen molar-refractivity contribution in [3.63, 3.8) is 0 Å². The van der Waals surface area contributed by atoms with E-state index in [1.165, 1.54) is 6.42 Å². The van der Waals surface area contributed by atoms with E-state index in [-0.39, 0.29) is 12.8 Å². The maximum atomic E-state index is 12.1. The molecule has 0 radical (unpaired) electrons. The molecule has 0 saturated heterocycles. The lowest BCUT2D eigenvalue weighted by Gasteiger charge is -2.18. The maximum absolute atomic E-state index is 12.1. The smallest absolute Gasteiger partial charge is 0.472 e. The molecule has 0 rings (SSSR count). The Balaban J connectivity index is 3.99. The lowest BCUT2D eigenvalue weighted by Crippen LogP contribution is -2.43. The standard InChI is InChI=1S/C34H60NO10P/c1-3-5-7-9-11-12-13-14-15-16-17-18-20-22-24-26-33(38)43-27-30(36)28-44-46(41,42)45-29-31(34(39)40)35-32(37)25-23-21-19-10-8-6-4-2/h5,7,11-12,14-15,30-31,36H,3-4,6,8-10,13,16-29H2,1-2H3,(H,35,37)(H,39,40)(H,41,42)/b7-5-,12-11-,15-14-. The number of carbonyl (C=O) groups is 3. The number of phosphoric ester groups is 1. The van der Waals surface area contributed by atoms with Crippen LogP contribution < -0.4 is 5.32 Å². The van der Waals surface area contributed by atoms with Crippen LogP contribution in [0.3, 0.4) is 0 Å². The van der Waals surface area contributed by atoms with E-state index in [0.717, 1.165) is 83.5 Å². The third kappa shape index (κ3) is 29.1. The van der Waals surface area contributed by atoms with Crippen molar-refractivity contribution in [2.24, 2.45) is 0 Å². The molecule has 0 saturated carbocycles. The third-order valence-electron chi connectivity index (χ3n) is 6.94. The second-order valence-corrected chi connectivity index (χ2v) is 12.8. The quantitative estimate of drug-likeness (QED) is 0.0253. The van der Waals surface area contributed by atoms with Gasteiger partial charge in [0, 0.05) is 12.8 Å². The average Bonchev–Trinajstić information content (AvgIpc) is 3.02. The fourth-order valence-corrected chi connectivity index (χ4v) is 5.04. The highest BCUT2D eigenvalue weighted by molar-refractivity contribution is 7.47. The molecule has 12 heteroatoms. The number of nitrogens with one attached hydrogen (secondary N) is 1. The van der Waals surface area contributed by atoms with Crippen LogP contribution in [0, 0.1) is 0 Å². The van der Waals surface area contributed by atoms with Crippen LogP contribution in [0.2, 0.25) is 0 Å². The van der Waals surface area contributed by atoms with Gasteiger partial charge >= 0.3 is 19.8 Å². The minimum atomic E-state index is -4.74. The topological polar surface area (TPSA) is 169 Å². The van der Waals surface area contributed by atoms with E-state index < -0.39 is 57.6 Å². The van der Waals surface area contributed by atoms with Gasteiger partial charge in [0.25, 0.3) is 0 Å². The van der Waals surface area contributed by atoms with Gasteiger partial charge in [0.15, 0.2) is 6.04 Å². The summed E-state index contributed by atoms with van der Waals surface area (Å²) in [6.45, 7) is 2.35. The number of hydrogen-bond acceptors (Lipinski definition) is 8. The van der Waals surface area contributed by atoms with Gasteiger partial charge in [0.1, 0.15) is 12.7 Å². The van der Waals surface area contributed by atoms with E-state index in [1.807, 2.05) is 0 Å². The molecule has 0 spiro atoms. The Morgan fingerprint density at radius 1 is 0.717 bits per heavy atom. The van der Waals surface area contributed by atoms with Crippen LogP contribution in [0.5, 0.6) is 0 Å². The van der Waals surface area contributed by atoms with Gasteiger partial charge in [0.2, 0.25) is 5.91 Å². The second-order valence-electron chi connectivity index (χ2n) is 11.3. The molecule has 0 aromatic rings. The summed E-state index contributed by atoms with van der Waals surface area (Å²) < 4.78 is 26.6. The summed E-state index contributed by atoms with van der Waals surface area (Å²) in [5.74, 6) is -2.41. The zero-order chi connectivity index (χ0) is 34.3. The monoisotopic (exact) mass is 673 g/mol. The highest BCUT2D eigenvalue weighted by Gasteiger charge is 2.28. The number of aliphatic hydroxyl groups is 1. The Kier molecular flexibility index (Phi) is 28.6. The molecule has 0 aliphatic carbocycles. The molecule has 4 N–H and O–H groups in total. The van der Waals surface area contributed by atoms with Gasteiger partial charge in [0.05, 0.1) is 13.2 Å². The Labute approximate surface area is 276 Å².